The molecule has 3 aromatic heterocycles. The second-order valence-electron chi connectivity index (χ2n) is 7.15. The lowest BCUT2D eigenvalue weighted by molar-refractivity contribution is 0.0940. The number of carbonyl (C=O) groups is 1. The molecule has 1 aromatic carbocycles. The van der Waals surface area contributed by atoms with Gasteiger partial charge in [0.2, 0.25) is 0 Å². The van der Waals surface area contributed by atoms with E-state index in [1.54, 1.807) is 49.0 Å². The number of pyridine rings is 2. The summed E-state index contributed by atoms with van der Waals surface area (Å²) in [5, 5.41) is 7.66. The topological polar surface area (TPSA) is 107 Å². The van der Waals surface area contributed by atoms with Crippen molar-refractivity contribution in [2.24, 2.45) is 0 Å². The van der Waals surface area contributed by atoms with Crippen molar-refractivity contribution in [1.82, 2.24) is 25.1 Å². The molecule has 0 saturated carbocycles. The van der Waals surface area contributed by atoms with Crippen molar-refractivity contribution in [1.29, 1.82) is 0 Å². The molecule has 1 N–H and O–H groups in total. The third-order valence-corrected chi connectivity index (χ3v) is 6.79. The minimum atomic E-state index is -3.55. The number of sulfone groups is 1. The van der Waals surface area contributed by atoms with Crippen LogP contribution in [-0.4, -0.2) is 39.8 Å². The van der Waals surface area contributed by atoms with Crippen molar-refractivity contribution in [3.05, 3.63) is 78.1 Å². The molecular formula is C22H20FN5O3S. The van der Waals surface area contributed by atoms with Crippen molar-refractivity contribution in [2.45, 2.75) is 24.9 Å². The lowest BCUT2D eigenvalue weighted by Crippen LogP contribution is -2.28. The fourth-order valence-corrected chi connectivity index (χ4v) is 4.49. The molecule has 1 amide bonds. The summed E-state index contributed by atoms with van der Waals surface area (Å²) < 4.78 is 39.6. The fourth-order valence-electron chi connectivity index (χ4n) is 3.39. The van der Waals surface area contributed by atoms with Gasteiger partial charge in [0, 0.05) is 23.3 Å². The minimum Gasteiger partial charge on any atom is -0.345 e. The van der Waals surface area contributed by atoms with Gasteiger partial charge >= 0.3 is 0 Å². The Balaban J connectivity index is 1.67. The molecular weight excluding hydrogens is 433 g/mol. The molecule has 1 atom stereocenters. The average Bonchev–Trinajstić information content (AvgIpc) is 3.23. The number of nitrogens with zero attached hydrogens (tertiary/aromatic N) is 4. The van der Waals surface area contributed by atoms with E-state index in [0.29, 0.717) is 22.2 Å². The van der Waals surface area contributed by atoms with Crippen LogP contribution in [0.2, 0.25) is 0 Å². The normalized spacial score (nSPS) is 12.6. The molecule has 0 unspecified atom stereocenters. The smallest absolute Gasteiger partial charge is 0.254 e. The zero-order valence-electron chi connectivity index (χ0n) is 17.4. The number of hydrogen-bond acceptors (Lipinski definition) is 6. The summed E-state index contributed by atoms with van der Waals surface area (Å²) in [6, 6.07) is 8.45. The van der Waals surface area contributed by atoms with Crippen LogP contribution in [0.5, 0.6) is 0 Å². The van der Waals surface area contributed by atoms with E-state index < -0.39 is 21.8 Å². The van der Waals surface area contributed by atoms with E-state index in [9.17, 15) is 17.6 Å². The largest absolute Gasteiger partial charge is 0.345 e. The van der Waals surface area contributed by atoms with Crippen LogP contribution in [0.1, 0.15) is 35.8 Å². The summed E-state index contributed by atoms with van der Waals surface area (Å²) in [5.74, 6) is -0.890. The van der Waals surface area contributed by atoms with Gasteiger partial charge in [-0.15, -0.1) is 0 Å². The first-order valence-corrected chi connectivity index (χ1v) is 11.5. The van der Waals surface area contributed by atoms with Crippen LogP contribution in [0.3, 0.4) is 0 Å². The number of amides is 1. The molecule has 0 bridgehead atoms. The zero-order valence-corrected chi connectivity index (χ0v) is 18.2. The Morgan fingerprint density at radius 3 is 2.62 bits per heavy atom. The van der Waals surface area contributed by atoms with Gasteiger partial charge in [0.25, 0.3) is 5.91 Å². The van der Waals surface area contributed by atoms with E-state index in [-0.39, 0.29) is 22.2 Å². The SMILES string of the molecule is CCS(=O)(=O)c1ncccc1[C@H](C)NC(=O)c1cncc2c1cnn2-c1ccc(F)cc1. The predicted molar refractivity (Wildman–Crippen MR) is 117 cm³/mol. The molecule has 4 aromatic rings. The molecule has 0 spiro atoms. The third kappa shape index (κ3) is 3.96. The van der Waals surface area contributed by atoms with Crippen LogP contribution in [0.4, 0.5) is 4.39 Å². The van der Waals surface area contributed by atoms with Crippen LogP contribution in [0.25, 0.3) is 16.6 Å². The molecule has 0 radical (unpaired) electrons. The van der Waals surface area contributed by atoms with E-state index in [1.807, 2.05) is 0 Å². The molecule has 0 saturated heterocycles. The van der Waals surface area contributed by atoms with E-state index in [2.05, 4.69) is 20.4 Å². The Bertz CT molecular complexity index is 1400. The highest BCUT2D eigenvalue weighted by Crippen LogP contribution is 2.24. The first-order chi connectivity index (χ1) is 15.3. The van der Waals surface area contributed by atoms with Gasteiger partial charge in [-0.25, -0.2) is 22.5 Å². The average molecular weight is 453 g/mol. The Morgan fingerprint density at radius 1 is 1.16 bits per heavy atom. The van der Waals surface area contributed by atoms with Crippen LogP contribution in [0, 0.1) is 5.82 Å². The molecule has 10 heteroatoms. The first-order valence-electron chi connectivity index (χ1n) is 9.88. The van der Waals surface area contributed by atoms with Gasteiger partial charge in [0.15, 0.2) is 14.9 Å². The van der Waals surface area contributed by atoms with Crippen molar-refractivity contribution in [3.63, 3.8) is 0 Å². The maximum atomic E-state index is 13.3. The third-order valence-electron chi connectivity index (χ3n) is 5.10. The molecule has 0 aliphatic rings. The molecule has 3 heterocycles. The number of benzene rings is 1. The Morgan fingerprint density at radius 2 is 1.91 bits per heavy atom. The maximum absolute atomic E-state index is 13.3. The minimum absolute atomic E-state index is 0.0456. The molecule has 0 aliphatic heterocycles. The van der Waals surface area contributed by atoms with Crippen molar-refractivity contribution < 1.29 is 17.6 Å². The molecule has 32 heavy (non-hydrogen) atoms. The van der Waals surface area contributed by atoms with E-state index in [0.717, 1.165) is 0 Å². The van der Waals surface area contributed by atoms with Gasteiger partial charge in [-0.2, -0.15) is 5.10 Å². The quantitative estimate of drug-likeness (QED) is 0.480. The van der Waals surface area contributed by atoms with Gasteiger partial charge in [-0.05, 0) is 37.3 Å². The van der Waals surface area contributed by atoms with E-state index in [1.165, 1.54) is 30.7 Å². The summed E-state index contributed by atoms with van der Waals surface area (Å²) in [4.78, 5) is 21.2. The van der Waals surface area contributed by atoms with Crippen LogP contribution < -0.4 is 5.32 Å². The maximum Gasteiger partial charge on any atom is 0.254 e. The lowest BCUT2D eigenvalue weighted by atomic mass is 10.1. The number of nitrogens with one attached hydrogen (secondary N) is 1. The molecule has 0 fully saturated rings. The van der Waals surface area contributed by atoms with Crippen LogP contribution in [0.15, 0.2) is 66.2 Å². The van der Waals surface area contributed by atoms with Gasteiger partial charge in [-0.1, -0.05) is 13.0 Å². The van der Waals surface area contributed by atoms with Crippen molar-refractivity contribution in [3.8, 4) is 5.69 Å². The summed E-state index contributed by atoms with van der Waals surface area (Å²) in [6.07, 6.45) is 5.94. The summed E-state index contributed by atoms with van der Waals surface area (Å²) >= 11 is 0. The standard InChI is InChI=1S/C22H20FN5O3S/c1-3-32(30,31)22-17(5-4-10-25-22)14(2)27-21(29)19-11-24-13-20-18(19)12-26-28(20)16-8-6-15(23)7-9-16/h4-14H,3H2,1-2H3,(H,27,29)/t14-/m0/s1. The highest BCUT2D eigenvalue weighted by atomic mass is 32.2. The highest BCUT2D eigenvalue weighted by Gasteiger charge is 2.23. The summed E-state index contributed by atoms with van der Waals surface area (Å²) in [6.45, 7) is 3.24. The monoisotopic (exact) mass is 453 g/mol. The van der Waals surface area contributed by atoms with Crippen LogP contribution in [-0.2, 0) is 9.84 Å². The fraction of sp³-hybridized carbons (Fsp3) is 0.182. The number of aromatic nitrogens is 4. The van der Waals surface area contributed by atoms with Crippen molar-refractivity contribution >= 4 is 26.6 Å². The lowest BCUT2D eigenvalue weighted by Gasteiger charge is -2.17. The Kier molecular flexibility index (Phi) is 5.70. The Labute approximate surface area is 184 Å². The predicted octanol–water partition coefficient (Wildman–Crippen LogP) is 3.24. The van der Waals surface area contributed by atoms with Gasteiger partial charge in [0.1, 0.15) is 5.82 Å². The van der Waals surface area contributed by atoms with Gasteiger partial charge < -0.3 is 5.32 Å². The summed E-state index contributed by atoms with van der Waals surface area (Å²) in [5.41, 5.74) is 1.89. The second-order valence-corrected chi connectivity index (χ2v) is 9.34. The second kappa shape index (κ2) is 8.46. The molecule has 164 valence electrons. The summed E-state index contributed by atoms with van der Waals surface area (Å²) in [7, 11) is -3.55. The van der Waals surface area contributed by atoms with Gasteiger partial charge in [-0.3, -0.25) is 9.78 Å². The number of rotatable bonds is 6. The number of hydrogen-bond donors (Lipinski definition) is 1. The van der Waals surface area contributed by atoms with Crippen molar-refractivity contribution in [2.75, 3.05) is 5.75 Å². The number of halogens is 1. The molecule has 0 aliphatic carbocycles. The Hall–Kier alpha value is -3.66. The zero-order chi connectivity index (χ0) is 22.9. The molecule has 4 rings (SSSR count). The first kappa shape index (κ1) is 21.6. The van der Waals surface area contributed by atoms with E-state index in [4.69, 9.17) is 0 Å². The number of fused-ring (bicyclic) bond motifs is 1. The highest BCUT2D eigenvalue weighted by molar-refractivity contribution is 7.91. The molecule has 8 nitrogen and oxygen atoms in total. The van der Waals surface area contributed by atoms with Gasteiger partial charge in [0.05, 0.1) is 41.0 Å². The number of carbonyl (C=O) groups excluding carboxylic acids is 1. The van der Waals surface area contributed by atoms with E-state index >= 15 is 0 Å². The van der Waals surface area contributed by atoms with Crippen LogP contribution >= 0.6 is 0 Å².